The van der Waals surface area contributed by atoms with Gasteiger partial charge in [0.1, 0.15) is 11.6 Å². The summed E-state index contributed by atoms with van der Waals surface area (Å²) in [6.45, 7) is 19.1. The van der Waals surface area contributed by atoms with E-state index in [0.29, 0.717) is 17.5 Å². The van der Waals surface area contributed by atoms with Crippen molar-refractivity contribution < 1.29 is 13.2 Å². The van der Waals surface area contributed by atoms with Crippen molar-refractivity contribution >= 4 is 33.0 Å². The molecule has 0 amide bonds. The van der Waals surface area contributed by atoms with Crippen LogP contribution in [0.2, 0.25) is 0 Å². The topological polar surface area (TPSA) is 99.7 Å². The highest BCUT2D eigenvalue weighted by atomic mass is 32.2. The standard InChI is InChI=1S/C32H46N6O3S/c1-22(2)41-28-19-25(32(6,7)21-38-17-15-37(8)16-18-38)13-14-26(28)35-31-33-20-24(5)30(36-31)34-27-11-9-10-12-29(27)42(39,40)23(3)4/h9-14,19-20,22-23H,15-18,21H2,1-8H3,(H2,33,34,35,36). The molecule has 1 aliphatic heterocycles. The molecule has 0 radical (unpaired) electrons. The van der Waals surface area contributed by atoms with Gasteiger partial charge in [-0.3, -0.25) is 4.90 Å². The Morgan fingerprint density at radius 2 is 1.67 bits per heavy atom. The summed E-state index contributed by atoms with van der Waals surface area (Å²) in [7, 11) is -1.31. The third kappa shape index (κ3) is 7.59. The van der Waals surface area contributed by atoms with Crippen molar-refractivity contribution in [1.82, 2.24) is 19.8 Å². The van der Waals surface area contributed by atoms with E-state index in [1.165, 1.54) is 5.56 Å². The van der Waals surface area contributed by atoms with Gasteiger partial charge in [-0.2, -0.15) is 4.98 Å². The van der Waals surface area contributed by atoms with Crippen LogP contribution in [0.15, 0.2) is 53.6 Å². The second kappa shape index (κ2) is 13.0. The second-order valence-electron chi connectivity index (χ2n) is 12.4. The number of nitrogens with zero attached hydrogens (tertiary/aromatic N) is 4. The maximum Gasteiger partial charge on any atom is 0.229 e. The number of sulfone groups is 1. The Morgan fingerprint density at radius 3 is 2.33 bits per heavy atom. The molecule has 0 spiro atoms. The molecule has 9 nitrogen and oxygen atoms in total. The fraction of sp³-hybridized carbons (Fsp3) is 0.500. The summed E-state index contributed by atoms with van der Waals surface area (Å²) in [6, 6.07) is 13.2. The molecule has 4 rings (SSSR count). The van der Waals surface area contributed by atoms with Crippen molar-refractivity contribution in [2.75, 3.05) is 50.4 Å². The first-order valence-corrected chi connectivity index (χ1v) is 16.2. The largest absolute Gasteiger partial charge is 0.489 e. The van der Waals surface area contributed by atoms with Crippen LogP contribution in [0.3, 0.4) is 0 Å². The molecule has 0 bridgehead atoms. The molecule has 228 valence electrons. The maximum absolute atomic E-state index is 13.0. The lowest BCUT2D eigenvalue weighted by Crippen LogP contribution is -2.48. The number of likely N-dealkylation sites (N-methyl/N-ethyl adjacent to an activating group) is 1. The summed E-state index contributed by atoms with van der Waals surface area (Å²) in [5.74, 6) is 1.64. The van der Waals surface area contributed by atoms with Gasteiger partial charge >= 0.3 is 0 Å². The Hall–Kier alpha value is -3.21. The number of hydrogen-bond donors (Lipinski definition) is 2. The molecular weight excluding hydrogens is 548 g/mol. The lowest BCUT2D eigenvalue weighted by Gasteiger charge is -2.38. The van der Waals surface area contributed by atoms with Gasteiger partial charge in [0, 0.05) is 49.9 Å². The zero-order valence-electron chi connectivity index (χ0n) is 26.2. The number of para-hydroxylation sites is 1. The van der Waals surface area contributed by atoms with Crippen LogP contribution >= 0.6 is 0 Å². The zero-order valence-corrected chi connectivity index (χ0v) is 27.0. The summed E-state index contributed by atoms with van der Waals surface area (Å²) >= 11 is 0. The number of nitrogens with one attached hydrogen (secondary N) is 2. The quantitative estimate of drug-likeness (QED) is 0.287. The van der Waals surface area contributed by atoms with Gasteiger partial charge in [0.05, 0.1) is 27.6 Å². The Kier molecular flexibility index (Phi) is 9.80. The average molecular weight is 595 g/mol. The van der Waals surface area contributed by atoms with Gasteiger partial charge in [-0.05, 0) is 71.5 Å². The average Bonchev–Trinajstić information content (AvgIpc) is 2.92. The smallest absolute Gasteiger partial charge is 0.229 e. The van der Waals surface area contributed by atoms with Crippen molar-refractivity contribution in [3.8, 4) is 5.75 Å². The van der Waals surface area contributed by atoms with Crippen LogP contribution in [-0.2, 0) is 15.3 Å². The lowest BCUT2D eigenvalue weighted by molar-refractivity contribution is 0.132. The van der Waals surface area contributed by atoms with Gasteiger partial charge in [0.2, 0.25) is 5.95 Å². The van der Waals surface area contributed by atoms with Crippen molar-refractivity contribution in [2.24, 2.45) is 0 Å². The highest BCUT2D eigenvalue weighted by molar-refractivity contribution is 7.92. The first-order valence-electron chi connectivity index (χ1n) is 14.7. The van der Waals surface area contributed by atoms with Gasteiger partial charge in [-0.15, -0.1) is 0 Å². The SMILES string of the molecule is Cc1cnc(Nc2ccc(C(C)(C)CN3CCN(C)CC3)cc2OC(C)C)nc1Nc1ccccc1S(=O)(=O)C(C)C. The second-order valence-corrected chi connectivity index (χ2v) is 14.9. The Labute approximate surface area is 251 Å². The van der Waals surface area contributed by atoms with Gasteiger partial charge in [-0.25, -0.2) is 13.4 Å². The van der Waals surface area contributed by atoms with Crippen molar-refractivity contribution in [1.29, 1.82) is 0 Å². The number of hydrogen-bond acceptors (Lipinski definition) is 9. The summed E-state index contributed by atoms with van der Waals surface area (Å²) in [6.07, 6.45) is 1.70. The van der Waals surface area contributed by atoms with E-state index in [9.17, 15) is 8.42 Å². The fourth-order valence-corrected chi connectivity index (χ4v) is 6.20. The predicted molar refractivity (Wildman–Crippen MR) is 171 cm³/mol. The maximum atomic E-state index is 13.0. The van der Waals surface area contributed by atoms with Crippen LogP contribution in [0.1, 0.15) is 52.7 Å². The molecule has 0 aliphatic carbocycles. The predicted octanol–water partition coefficient (Wildman–Crippen LogP) is 5.77. The van der Waals surface area contributed by atoms with E-state index in [0.717, 1.165) is 49.7 Å². The first-order chi connectivity index (χ1) is 19.8. The van der Waals surface area contributed by atoms with E-state index in [-0.39, 0.29) is 16.4 Å². The first kappa shape index (κ1) is 31.7. The third-order valence-corrected chi connectivity index (χ3v) is 9.84. The van der Waals surface area contributed by atoms with Crippen molar-refractivity contribution in [3.63, 3.8) is 0 Å². The number of aryl methyl sites for hydroxylation is 1. The molecular formula is C32H46N6O3S. The Balaban J connectivity index is 1.60. The van der Waals surface area contributed by atoms with Crippen LogP contribution in [0.5, 0.6) is 5.75 Å². The molecule has 0 unspecified atom stereocenters. The van der Waals surface area contributed by atoms with Crippen LogP contribution < -0.4 is 15.4 Å². The Morgan fingerprint density at radius 1 is 0.976 bits per heavy atom. The molecule has 10 heteroatoms. The summed E-state index contributed by atoms with van der Waals surface area (Å²) in [4.78, 5) is 14.4. The van der Waals surface area contributed by atoms with E-state index in [2.05, 4.69) is 58.4 Å². The van der Waals surface area contributed by atoms with Gasteiger partial charge in [-0.1, -0.05) is 32.0 Å². The van der Waals surface area contributed by atoms with E-state index in [4.69, 9.17) is 9.72 Å². The van der Waals surface area contributed by atoms with Crippen LogP contribution in [0.25, 0.3) is 0 Å². The minimum Gasteiger partial charge on any atom is -0.489 e. The zero-order chi connectivity index (χ0) is 30.7. The van der Waals surface area contributed by atoms with Crippen molar-refractivity contribution in [3.05, 3.63) is 59.8 Å². The number of piperazine rings is 1. The van der Waals surface area contributed by atoms with E-state index in [1.54, 1.807) is 44.3 Å². The van der Waals surface area contributed by atoms with E-state index in [1.807, 2.05) is 26.8 Å². The van der Waals surface area contributed by atoms with Gasteiger partial charge < -0.3 is 20.3 Å². The number of ether oxygens (including phenoxy) is 1. The van der Waals surface area contributed by atoms with E-state index < -0.39 is 15.1 Å². The molecule has 1 fully saturated rings. The molecule has 1 saturated heterocycles. The van der Waals surface area contributed by atoms with Crippen LogP contribution in [0.4, 0.5) is 23.1 Å². The minimum absolute atomic E-state index is 0.0166. The molecule has 1 aliphatic rings. The third-order valence-electron chi connectivity index (χ3n) is 7.63. The molecule has 2 aromatic carbocycles. The fourth-order valence-electron chi connectivity index (χ4n) is 5.00. The molecule has 0 atom stereocenters. The molecule has 3 aromatic rings. The van der Waals surface area contributed by atoms with Crippen LogP contribution in [0, 0.1) is 6.92 Å². The van der Waals surface area contributed by atoms with E-state index >= 15 is 0 Å². The molecule has 1 aromatic heterocycles. The monoisotopic (exact) mass is 594 g/mol. The molecule has 2 N–H and O–H groups in total. The number of benzene rings is 2. The number of rotatable bonds is 11. The highest BCUT2D eigenvalue weighted by Crippen LogP contribution is 2.35. The van der Waals surface area contributed by atoms with Gasteiger partial charge in [0.25, 0.3) is 0 Å². The van der Waals surface area contributed by atoms with Gasteiger partial charge in [0.15, 0.2) is 9.84 Å². The minimum atomic E-state index is -3.49. The highest BCUT2D eigenvalue weighted by Gasteiger charge is 2.27. The van der Waals surface area contributed by atoms with Crippen molar-refractivity contribution in [2.45, 2.75) is 70.1 Å². The normalized spacial score (nSPS) is 15.3. The van der Waals surface area contributed by atoms with Crippen LogP contribution in [-0.4, -0.2) is 79.3 Å². The molecule has 2 heterocycles. The number of anilines is 4. The number of aromatic nitrogens is 2. The Bertz CT molecular complexity index is 1480. The molecule has 42 heavy (non-hydrogen) atoms. The lowest BCUT2D eigenvalue weighted by atomic mass is 9.83. The summed E-state index contributed by atoms with van der Waals surface area (Å²) in [5.41, 5.74) is 3.18. The summed E-state index contributed by atoms with van der Waals surface area (Å²) in [5, 5.41) is 6.03. The molecule has 0 saturated carbocycles. The summed E-state index contributed by atoms with van der Waals surface area (Å²) < 4.78 is 32.2.